The first kappa shape index (κ1) is 15.3. The number of aromatic nitrogens is 1. The summed E-state index contributed by atoms with van der Waals surface area (Å²) >= 11 is 0. The van der Waals surface area contributed by atoms with E-state index < -0.39 is 0 Å². The molecule has 0 unspecified atom stereocenters. The SMILES string of the molecule is O=C(NC[C@@H]1COc2ccccc2O1)c1cc(=O)[nH]c2ccccc12. The van der Waals surface area contributed by atoms with Crippen LogP contribution >= 0.6 is 0 Å². The Labute approximate surface area is 143 Å². The zero-order valence-electron chi connectivity index (χ0n) is 13.3. The van der Waals surface area contributed by atoms with Crippen LogP contribution in [0.15, 0.2) is 59.4 Å². The fraction of sp³-hybridized carbons (Fsp3) is 0.158. The number of ether oxygens (including phenoxy) is 2. The molecule has 25 heavy (non-hydrogen) atoms. The Kier molecular flexibility index (Phi) is 3.85. The second-order valence-electron chi connectivity index (χ2n) is 5.80. The van der Waals surface area contributed by atoms with Gasteiger partial charge in [0.05, 0.1) is 12.1 Å². The summed E-state index contributed by atoms with van der Waals surface area (Å²) in [5, 5.41) is 3.52. The Bertz CT molecular complexity index is 996. The number of pyridine rings is 1. The molecule has 2 aromatic carbocycles. The van der Waals surface area contributed by atoms with Gasteiger partial charge in [-0.1, -0.05) is 30.3 Å². The van der Waals surface area contributed by atoms with Gasteiger partial charge in [0.25, 0.3) is 5.91 Å². The van der Waals surface area contributed by atoms with E-state index in [4.69, 9.17) is 9.47 Å². The van der Waals surface area contributed by atoms with Gasteiger partial charge in [0.1, 0.15) is 12.7 Å². The molecule has 126 valence electrons. The minimum Gasteiger partial charge on any atom is -0.486 e. The van der Waals surface area contributed by atoms with Crippen molar-refractivity contribution in [3.05, 3.63) is 70.5 Å². The first-order chi connectivity index (χ1) is 12.2. The van der Waals surface area contributed by atoms with E-state index in [1.54, 1.807) is 12.1 Å². The van der Waals surface area contributed by atoms with Gasteiger partial charge in [-0.3, -0.25) is 9.59 Å². The average Bonchev–Trinajstić information content (AvgIpc) is 2.65. The molecule has 1 atom stereocenters. The fourth-order valence-corrected chi connectivity index (χ4v) is 2.86. The van der Waals surface area contributed by atoms with Gasteiger partial charge in [-0.05, 0) is 18.2 Å². The van der Waals surface area contributed by atoms with Crippen LogP contribution in [0.1, 0.15) is 10.4 Å². The lowest BCUT2D eigenvalue weighted by Gasteiger charge is -2.26. The van der Waals surface area contributed by atoms with Crippen LogP contribution in [0.4, 0.5) is 0 Å². The molecule has 6 heteroatoms. The van der Waals surface area contributed by atoms with Crippen LogP contribution < -0.4 is 20.3 Å². The third-order valence-corrected chi connectivity index (χ3v) is 4.05. The van der Waals surface area contributed by atoms with Crippen LogP contribution in [0.5, 0.6) is 11.5 Å². The minimum atomic E-state index is -0.315. The van der Waals surface area contributed by atoms with E-state index in [-0.39, 0.29) is 24.1 Å². The van der Waals surface area contributed by atoms with Crippen LogP contribution in [0.3, 0.4) is 0 Å². The standard InChI is InChI=1S/C19H16N2O4/c22-18-9-14(13-5-1-2-6-15(13)21-18)19(23)20-10-12-11-24-16-7-3-4-8-17(16)25-12/h1-9,12H,10-11H2,(H,20,23)(H,21,22)/t12-/m1/s1. The van der Waals surface area contributed by atoms with Crippen molar-refractivity contribution in [3.63, 3.8) is 0 Å². The van der Waals surface area contributed by atoms with Crippen LogP contribution in [-0.2, 0) is 0 Å². The molecule has 1 amide bonds. The zero-order valence-corrected chi connectivity index (χ0v) is 13.3. The second kappa shape index (κ2) is 6.32. The highest BCUT2D eigenvalue weighted by molar-refractivity contribution is 6.05. The van der Waals surface area contributed by atoms with Gasteiger partial charge in [0, 0.05) is 17.0 Å². The van der Waals surface area contributed by atoms with Gasteiger partial charge < -0.3 is 19.8 Å². The van der Waals surface area contributed by atoms with Crippen molar-refractivity contribution in [2.45, 2.75) is 6.10 Å². The Morgan fingerprint density at radius 2 is 1.88 bits per heavy atom. The van der Waals surface area contributed by atoms with Gasteiger partial charge in [-0.2, -0.15) is 0 Å². The van der Waals surface area contributed by atoms with Gasteiger partial charge in [0.15, 0.2) is 11.5 Å². The number of hydrogen-bond acceptors (Lipinski definition) is 4. The number of carbonyl (C=O) groups excluding carboxylic acids is 1. The molecule has 0 saturated carbocycles. The lowest BCUT2D eigenvalue weighted by Crippen LogP contribution is -2.41. The summed E-state index contributed by atoms with van der Waals surface area (Å²) in [5.74, 6) is 1.05. The maximum atomic E-state index is 12.5. The number of aromatic amines is 1. The molecule has 0 spiro atoms. The van der Waals surface area contributed by atoms with Crippen molar-refractivity contribution in [2.75, 3.05) is 13.2 Å². The quantitative estimate of drug-likeness (QED) is 0.767. The number of H-pyrrole nitrogens is 1. The number of rotatable bonds is 3. The molecule has 0 aliphatic carbocycles. The number of amides is 1. The second-order valence-corrected chi connectivity index (χ2v) is 5.80. The minimum absolute atomic E-state index is 0.285. The maximum Gasteiger partial charge on any atom is 0.252 e. The molecular weight excluding hydrogens is 320 g/mol. The Hall–Kier alpha value is -3.28. The predicted octanol–water partition coefficient (Wildman–Crippen LogP) is 2.10. The van der Waals surface area contributed by atoms with E-state index in [9.17, 15) is 9.59 Å². The highest BCUT2D eigenvalue weighted by Crippen LogP contribution is 2.30. The van der Waals surface area contributed by atoms with Crippen molar-refractivity contribution < 1.29 is 14.3 Å². The smallest absolute Gasteiger partial charge is 0.252 e. The molecule has 4 rings (SSSR count). The normalized spacial score (nSPS) is 15.8. The highest BCUT2D eigenvalue weighted by atomic mass is 16.6. The van der Waals surface area contributed by atoms with Gasteiger partial charge in [-0.25, -0.2) is 0 Å². The zero-order chi connectivity index (χ0) is 17.2. The summed E-state index contributed by atoms with van der Waals surface area (Å²) in [6, 6.07) is 15.9. The first-order valence-electron chi connectivity index (χ1n) is 7.99. The number of hydrogen-bond donors (Lipinski definition) is 2. The molecule has 0 saturated heterocycles. The van der Waals surface area contributed by atoms with Crippen LogP contribution in [0.2, 0.25) is 0 Å². The molecule has 0 fully saturated rings. The van der Waals surface area contributed by atoms with E-state index >= 15 is 0 Å². The number of para-hydroxylation sites is 3. The van der Waals surface area contributed by atoms with Crippen molar-refractivity contribution in [1.29, 1.82) is 0 Å². The largest absolute Gasteiger partial charge is 0.486 e. The van der Waals surface area contributed by atoms with E-state index in [1.807, 2.05) is 36.4 Å². The molecule has 1 aliphatic rings. The van der Waals surface area contributed by atoms with E-state index in [0.717, 1.165) is 0 Å². The van der Waals surface area contributed by atoms with Gasteiger partial charge in [-0.15, -0.1) is 0 Å². The van der Waals surface area contributed by atoms with Crippen LogP contribution in [-0.4, -0.2) is 30.1 Å². The Balaban J connectivity index is 1.49. The van der Waals surface area contributed by atoms with Crippen LogP contribution in [0, 0.1) is 0 Å². The number of carbonyl (C=O) groups is 1. The van der Waals surface area contributed by atoms with Crippen molar-refractivity contribution in [2.24, 2.45) is 0 Å². The van der Waals surface area contributed by atoms with Crippen LogP contribution in [0.25, 0.3) is 10.9 Å². The monoisotopic (exact) mass is 336 g/mol. The molecule has 1 aromatic heterocycles. The number of fused-ring (bicyclic) bond motifs is 2. The third kappa shape index (κ3) is 3.06. The summed E-state index contributed by atoms with van der Waals surface area (Å²) in [5.41, 5.74) is 0.665. The lowest BCUT2D eigenvalue weighted by molar-refractivity contribution is 0.0790. The van der Waals surface area contributed by atoms with Gasteiger partial charge in [0.2, 0.25) is 5.56 Å². The predicted molar refractivity (Wildman–Crippen MR) is 93.3 cm³/mol. The fourth-order valence-electron chi connectivity index (χ4n) is 2.86. The molecule has 3 aromatic rings. The van der Waals surface area contributed by atoms with Crippen molar-refractivity contribution >= 4 is 16.8 Å². The molecular formula is C19H16N2O4. The third-order valence-electron chi connectivity index (χ3n) is 4.05. The Morgan fingerprint density at radius 1 is 1.12 bits per heavy atom. The Morgan fingerprint density at radius 3 is 2.76 bits per heavy atom. The molecule has 6 nitrogen and oxygen atoms in total. The molecule has 0 bridgehead atoms. The highest BCUT2D eigenvalue weighted by Gasteiger charge is 2.21. The molecule has 2 N–H and O–H groups in total. The topological polar surface area (TPSA) is 80.4 Å². The summed E-state index contributed by atoms with van der Waals surface area (Å²) in [6.07, 6.45) is -0.285. The average molecular weight is 336 g/mol. The van der Waals surface area contributed by atoms with Crippen molar-refractivity contribution in [1.82, 2.24) is 10.3 Å². The number of benzene rings is 2. The molecule has 0 radical (unpaired) electrons. The van der Waals surface area contributed by atoms with Gasteiger partial charge >= 0.3 is 0 Å². The summed E-state index contributed by atoms with van der Waals surface area (Å²) < 4.78 is 11.5. The van der Waals surface area contributed by atoms with E-state index in [1.165, 1.54) is 6.07 Å². The summed E-state index contributed by atoms with van der Waals surface area (Å²) in [7, 11) is 0. The molecule has 2 heterocycles. The summed E-state index contributed by atoms with van der Waals surface area (Å²) in [6.45, 7) is 0.641. The molecule has 1 aliphatic heterocycles. The number of nitrogens with one attached hydrogen (secondary N) is 2. The van der Waals surface area contributed by atoms with Crippen molar-refractivity contribution in [3.8, 4) is 11.5 Å². The lowest BCUT2D eigenvalue weighted by atomic mass is 10.1. The van der Waals surface area contributed by atoms with E-state index in [2.05, 4.69) is 10.3 Å². The maximum absolute atomic E-state index is 12.5. The summed E-state index contributed by atoms with van der Waals surface area (Å²) in [4.78, 5) is 27.0. The first-order valence-corrected chi connectivity index (χ1v) is 7.99. The van der Waals surface area contributed by atoms with E-state index in [0.29, 0.717) is 34.6 Å².